The lowest BCUT2D eigenvalue weighted by molar-refractivity contribution is -0.122. The standard InChI is InChI=1S/C19H22N2O.ClH/c1-14(19(22)21-13-15-8-10-20-11-9-15)17-7-6-16-4-2-3-5-18(16)12-17;/h2-8,12,14,20H,9-11,13H2,1H3,(H,21,22);1H. The molecular formula is C19H23ClN2O. The van der Waals surface area contributed by atoms with Crippen molar-refractivity contribution in [2.75, 3.05) is 19.6 Å². The molecule has 0 fully saturated rings. The highest BCUT2D eigenvalue weighted by atomic mass is 35.5. The van der Waals surface area contributed by atoms with Crippen LogP contribution in [0.3, 0.4) is 0 Å². The predicted molar refractivity (Wildman–Crippen MR) is 98.2 cm³/mol. The number of amides is 1. The third-order valence-corrected chi connectivity index (χ3v) is 4.31. The van der Waals surface area contributed by atoms with Gasteiger partial charge in [0, 0.05) is 13.1 Å². The van der Waals surface area contributed by atoms with Crippen LogP contribution in [0.5, 0.6) is 0 Å². The van der Waals surface area contributed by atoms with E-state index in [1.54, 1.807) is 0 Å². The van der Waals surface area contributed by atoms with Gasteiger partial charge < -0.3 is 10.6 Å². The van der Waals surface area contributed by atoms with Gasteiger partial charge in [0.25, 0.3) is 0 Å². The normalized spacial score (nSPS) is 15.4. The number of hydrogen-bond donors (Lipinski definition) is 2. The first-order valence-electron chi connectivity index (χ1n) is 7.89. The van der Waals surface area contributed by atoms with Gasteiger partial charge in [-0.2, -0.15) is 0 Å². The molecule has 1 heterocycles. The Hall–Kier alpha value is -1.84. The summed E-state index contributed by atoms with van der Waals surface area (Å²) in [5.41, 5.74) is 2.38. The molecule has 2 aromatic carbocycles. The monoisotopic (exact) mass is 330 g/mol. The van der Waals surface area contributed by atoms with Gasteiger partial charge in [0.15, 0.2) is 0 Å². The van der Waals surface area contributed by atoms with Crippen LogP contribution >= 0.6 is 12.4 Å². The predicted octanol–water partition coefficient (Wildman–Crippen LogP) is 3.40. The van der Waals surface area contributed by atoms with E-state index in [0.717, 1.165) is 25.1 Å². The lowest BCUT2D eigenvalue weighted by Gasteiger charge is -2.17. The molecule has 0 saturated carbocycles. The molecule has 0 spiro atoms. The second-order valence-electron chi connectivity index (χ2n) is 5.86. The van der Waals surface area contributed by atoms with Gasteiger partial charge in [0.05, 0.1) is 5.92 Å². The minimum Gasteiger partial charge on any atom is -0.352 e. The van der Waals surface area contributed by atoms with Crippen molar-refractivity contribution >= 4 is 29.1 Å². The fourth-order valence-electron chi connectivity index (χ4n) is 2.81. The van der Waals surface area contributed by atoms with Crippen LogP contribution < -0.4 is 10.6 Å². The second kappa shape index (κ2) is 8.14. The molecule has 1 aliphatic rings. The lowest BCUT2D eigenvalue weighted by Crippen LogP contribution is -2.32. The Kier molecular flexibility index (Phi) is 6.20. The van der Waals surface area contributed by atoms with Crippen molar-refractivity contribution in [1.82, 2.24) is 10.6 Å². The molecule has 3 nitrogen and oxygen atoms in total. The molecule has 1 atom stereocenters. The maximum Gasteiger partial charge on any atom is 0.227 e. The largest absolute Gasteiger partial charge is 0.352 e. The SMILES string of the molecule is CC(C(=O)NCC1=CCNCC1)c1ccc2ccccc2c1.Cl. The summed E-state index contributed by atoms with van der Waals surface area (Å²) in [4.78, 5) is 12.4. The number of rotatable bonds is 4. The van der Waals surface area contributed by atoms with E-state index in [0.29, 0.717) is 6.54 Å². The molecular weight excluding hydrogens is 308 g/mol. The van der Waals surface area contributed by atoms with Gasteiger partial charge in [-0.3, -0.25) is 4.79 Å². The fraction of sp³-hybridized carbons (Fsp3) is 0.316. The van der Waals surface area contributed by atoms with Crippen LogP contribution in [0, 0.1) is 0 Å². The lowest BCUT2D eigenvalue weighted by atomic mass is 9.97. The molecule has 2 N–H and O–H groups in total. The van der Waals surface area contributed by atoms with Crippen LogP contribution in [0.1, 0.15) is 24.8 Å². The van der Waals surface area contributed by atoms with Gasteiger partial charge in [-0.05, 0) is 36.2 Å². The van der Waals surface area contributed by atoms with Gasteiger partial charge in [-0.1, -0.05) is 54.1 Å². The van der Waals surface area contributed by atoms with Crippen molar-refractivity contribution in [3.05, 3.63) is 59.7 Å². The summed E-state index contributed by atoms with van der Waals surface area (Å²) in [7, 11) is 0. The molecule has 0 bridgehead atoms. The van der Waals surface area contributed by atoms with Gasteiger partial charge in [0.1, 0.15) is 0 Å². The average molecular weight is 331 g/mol. The maximum absolute atomic E-state index is 12.4. The van der Waals surface area contributed by atoms with Gasteiger partial charge in [0.2, 0.25) is 5.91 Å². The van der Waals surface area contributed by atoms with Gasteiger partial charge in [-0.15, -0.1) is 12.4 Å². The Balaban J connectivity index is 0.00000192. The number of nitrogens with one attached hydrogen (secondary N) is 2. The first-order valence-corrected chi connectivity index (χ1v) is 7.89. The van der Waals surface area contributed by atoms with Crippen LogP contribution in [0.25, 0.3) is 10.8 Å². The molecule has 0 aliphatic carbocycles. The van der Waals surface area contributed by atoms with Crippen molar-refractivity contribution in [2.45, 2.75) is 19.3 Å². The molecule has 4 heteroatoms. The van der Waals surface area contributed by atoms with Crippen LogP contribution in [0.15, 0.2) is 54.1 Å². The maximum atomic E-state index is 12.4. The molecule has 3 rings (SSSR count). The van der Waals surface area contributed by atoms with E-state index < -0.39 is 0 Å². The molecule has 23 heavy (non-hydrogen) atoms. The second-order valence-corrected chi connectivity index (χ2v) is 5.86. The first kappa shape index (κ1) is 17.5. The number of carbonyl (C=O) groups excluding carboxylic acids is 1. The first-order chi connectivity index (χ1) is 10.7. The summed E-state index contributed by atoms with van der Waals surface area (Å²) in [6, 6.07) is 14.5. The summed E-state index contributed by atoms with van der Waals surface area (Å²) in [6.45, 7) is 4.54. The minimum absolute atomic E-state index is 0. The highest BCUT2D eigenvalue weighted by Crippen LogP contribution is 2.21. The molecule has 1 amide bonds. The van der Waals surface area contributed by atoms with Crippen molar-refractivity contribution in [3.63, 3.8) is 0 Å². The molecule has 122 valence electrons. The summed E-state index contributed by atoms with van der Waals surface area (Å²) >= 11 is 0. The van der Waals surface area contributed by atoms with E-state index >= 15 is 0 Å². The summed E-state index contributed by atoms with van der Waals surface area (Å²) < 4.78 is 0. The molecule has 0 aromatic heterocycles. The highest BCUT2D eigenvalue weighted by Gasteiger charge is 2.15. The van der Waals surface area contributed by atoms with Gasteiger partial charge in [-0.25, -0.2) is 0 Å². The Bertz CT molecular complexity index is 711. The third-order valence-electron chi connectivity index (χ3n) is 4.31. The van der Waals surface area contributed by atoms with E-state index in [2.05, 4.69) is 47.0 Å². The Morgan fingerprint density at radius 2 is 2.00 bits per heavy atom. The van der Waals surface area contributed by atoms with Crippen LogP contribution in [0.4, 0.5) is 0 Å². The Morgan fingerprint density at radius 3 is 2.74 bits per heavy atom. The minimum atomic E-state index is -0.132. The molecule has 0 saturated heterocycles. The number of halogens is 1. The summed E-state index contributed by atoms with van der Waals surface area (Å²) in [5.74, 6) is -0.0402. The van der Waals surface area contributed by atoms with Crippen molar-refractivity contribution < 1.29 is 4.79 Å². The Labute approximate surface area is 143 Å². The average Bonchev–Trinajstić information content (AvgIpc) is 2.59. The molecule has 1 unspecified atom stereocenters. The quantitative estimate of drug-likeness (QED) is 0.844. The number of carbonyl (C=O) groups is 1. The topological polar surface area (TPSA) is 41.1 Å². The van der Waals surface area contributed by atoms with E-state index in [4.69, 9.17) is 0 Å². The van der Waals surface area contributed by atoms with E-state index in [1.165, 1.54) is 16.3 Å². The van der Waals surface area contributed by atoms with Crippen molar-refractivity contribution in [1.29, 1.82) is 0 Å². The third kappa shape index (κ3) is 4.34. The Morgan fingerprint density at radius 1 is 1.22 bits per heavy atom. The van der Waals surface area contributed by atoms with Gasteiger partial charge >= 0.3 is 0 Å². The van der Waals surface area contributed by atoms with E-state index in [1.807, 2.05) is 19.1 Å². The number of fused-ring (bicyclic) bond motifs is 1. The van der Waals surface area contributed by atoms with E-state index in [-0.39, 0.29) is 24.2 Å². The van der Waals surface area contributed by atoms with E-state index in [9.17, 15) is 4.79 Å². The van der Waals surface area contributed by atoms with Crippen molar-refractivity contribution in [3.8, 4) is 0 Å². The molecule has 0 radical (unpaired) electrons. The molecule has 1 aliphatic heterocycles. The molecule has 2 aromatic rings. The zero-order valence-electron chi connectivity index (χ0n) is 13.3. The summed E-state index contributed by atoms with van der Waals surface area (Å²) in [5, 5.41) is 8.73. The fourth-order valence-corrected chi connectivity index (χ4v) is 2.81. The van der Waals surface area contributed by atoms with Crippen molar-refractivity contribution in [2.24, 2.45) is 0 Å². The highest BCUT2D eigenvalue weighted by molar-refractivity contribution is 5.87. The zero-order chi connectivity index (χ0) is 15.4. The van der Waals surface area contributed by atoms with Crippen LogP contribution in [0.2, 0.25) is 0 Å². The smallest absolute Gasteiger partial charge is 0.227 e. The number of hydrogen-bond acceptors (Lipinski definition) is 2. The zero-order valence-corrected chi connectivity index (χ0v) is 14.2. The summed E-state index contributed by atoms with van der Waals surface area (Å²) in [6.07, 6.45) is 3.19. The number of benzene rings is 2. The van der Waals surface area contributed by atoms with Crippen LogP contribution in [-0.4, -0.2) is 25.5 Å². The van der Waals surface area contributed by atoms with Crippen LogP contribution in [-0.2, 0) is 4.79 Å².